The summed E-state index contributed by atoms with van der Waals surface area (Å²) in [6, 6.07) is 8.87. The number of hydrogen-bond acceptors (Lipinski definition) is 5. The number of fused-ring (bicyclic) bond motifs is 1. The number of aromatic nitrogens is 3. The number of anilines is 1. The highest BCUT2D eigenvalue weighted by Gasteiger charge is 2.19. The highest BCUT2D eigenvalue weighted by atomic mass is 16.2. The Balaban J connectivity index is 1.89. The molecule has 0 aliphatic carbocycles. The zero-order chi connectivity index (χ0) is 18.3. The van der Waals surface area contributed by atoms with Crippen LogP contribution >= 0.6 is 0 Å². The van der Waals surface area contributed by atoms with Gasteiger partial charge in [0.1, 0.15) is 6.33 Å². The Morgan fingerprint density at radius 3 is 2.69 bits per heavy atom. The molecule has 1 aliphatic rings. The van der Waals surface area contributed by atoms with Crippen LogP contribution in [-0.2, 0) is 4.79 Å². The molecule has 0 fully saturated rings. The average molecular weight is 347 g/mol. The summed E-state index contributed by atoms with van der Waals surface area (Å²) in [7, 11) is 1.85. The molecule has 130 valence electrons. The largest absolute Gasteiger partial charge is 0.370 e. The maximum absolute atomic E-state index is 12.7. The number of pyridine rings is 1. The first kappa shape index (κ1) is 16.0. The van der Waals surface area contributed by atoms with E-state index in [0.717, 1.165) is 10.9 Å². The number of amides is 1. The summed E-state index contributed by atoms with van der Waals surface area (Å²) in [5.41, 5.74) is 2.55. The summed E-state index contributed by atoms with van der Waals surface area (Å²) >= 11 is 0. The van der Waals surface area contributed by atoms with Crippen molar-refractivity contribution in [2.45, 2.75) is 6.92 Å². The second kappa shape index (κ2) is 6.11. The third-order valence-corrected chi connectivity index (χ3v) is 4.38. The zero-order valence-corrected chi connectivity index (χ0v) is 14.5. The van der Waals surface area contributed by atoms with Gasteiger partial charge in [-0.25, -0.2) is 9.97 Å². The Bertz CT molecular complexity index is 1100. The molecular formula is C19H17N5O2. The molecule has 2 aromatic heterocycles. The molecule has 0 spiro atoms. The molecule has 0 bridgehead atoms. The van der Waals surface area contributed by atoms with Crippen molar-refractivity contribution in [1.82, 2.24) is 19.4 Å². The van der Waals surface area contributed by atoms with Crippen molar-refractivity contribution in [3.05, 3.63) is 71.2 Å². The second-order valence-electron chi connectivity index (χ2n) is 6.26. The van der Waals surface area contributed by atoms with Crippen LogP contribution in [-0.4, -0.2) is 38.9 Å². The van der Waals surface area contributed by atoms with Crippen molar-refractivity contribution >= 4 is 22.6 Å². The number of nitrogens with zero attached hydrogens (tertiary/aromatic N) is 5. The van der Waals surface area contributed by atoms with Gasteiger partial charge in [0.05, 0.1) is 17.9 Å². The molecule has 0 saturated heterocycles. The maximum Gasteiger partial charge on any atom is 0.257 e. The summed E-state index contributed by atoms with van der Waals surface area (Å²) in [5, 5.41) is 0.813. The van der Waals surface area contributed by atoms with E-state index in [-0.39, 0.29) is 11.5 Å². The lowest BCUT2D eigenvalue weighted by Gasteiger charge is -2.27. The van der Waals surface area contributed by atoms with Gasteiger partial charge in [0.15, 0.2) is 5.65 Å². The molecule has 1 aliphatic heterocycles. The monoisotopic (exact) mass is 347 g/mol. The number of rotatable bonds is 2. The lowest BCUT2D eigenvalue weighted by molar-refractivity contribution is -0.118. The minimum absolute atomic E-state index is 0.0319. The fourth-order valence-electron chi connectivity index (χ4n) is 3.08. The average Bonchev–Trinajstić information content (AvgIpc) is 2.62. The van der Waals surface area contributed by atoms with Gasteiger partial charge in [-0.1, -0.05) is 6.07 Å². The van der Waals surface area contributed by atoms with Crippen molar-refractivity contribution < 1.29 is 4.79 Å². The lowest BCUT2D eigenvalue weighted by Crippen LogP contribution is -2.38. The maximum atomic E-state index is 12.7. The molecule has 3 aromatic rings. The predicted octanol–water partition coefficient (Wildman–Crippen LogP) is 1.84. The third-order valence-electron chi connectivity index (χ3n) is 4.38. The Morgan fingerprint density at radius 1 is 1.08 bits per heavy atom. The summed E-state index contributed by atoms with van der Waals surface area (Å²) in [5.74, 6) is -0.0319. The molecule has 0 atom stereocenters. The van der Waals surface area contributed by atoms with E-state index in [2.05, 4.69) is 9.97 Å². The minimum atomic E-state index is -0.175. The molecule has 7 nitrogen and oxygen atoms in total. The predicted molar refractivity (Wildman–Crippen MR) is 99.1 cm³/mol. The Hall–Kier alpha value is -3.48. The SMILES string of the molecule is Cc1cc(=O)n(-c2cccc(N3C=CN(C)CC3=O)c2)c2ncncc12. The van der Waals surface area contributed by atoms with Gasteiger partial charge in [-0.15, -0.1) is 0 Å². The van der Waals surface area contributed by atoms with Gasteiger partial charge in [-0.2, -0.15) is 0 Å². The zero-order valence-electron chi connectivity index (χ0n) is 14.5. The minimum Gasteiger partial charge on any atom is -0.370 e. The number of carbonyl (C=O) groups is 1. The van der Waals surface area contributed by atoms with Gasteiger partial charge in [0.25, 0.3) is 11.5 Å². The van der Waals surface area contributed by atoms with E-state index in [1.54, 1.807) is 23.4 Å². The van der Waals surface area contributed by atoms with E-state index in [4.69, 9.17) is 0 Å². The molecule has 0 radical (unpaired) electrons. The van der Waals surface area contributed by atoms with Crippen molar-refractivity contribution in [3.8, 4) is 5.69 Å². The van der Waals surface area contributed by atoms with Gasteiger partial charge < -0.3 is 4.90 Å². The molecule has 0 unspecified atom stereocenters. The second-order valence-corrected chi connectivity index (χ2v) is 6.26. The smallest absolute Gasteiger partial charge is 0.257 e. The van der Waals surface area contributed by atoms with Crippen LogP contribution in [0.4, 0.5) is 5.69 Å². The first-order chi connectivity index (χ1) is 12.5. The number of aryl methyl sites for hydroxylation is 1. The van der Waals surface area contributed by atoms with Crippen LogP contribution < -0.4 is 10.5 Å². The lowest BCUT2D eigenvalue weighted by atomic mass is 10.2. The Kier molecular flexibility index (Phi) is 3.76. The number of hydrogen-bond donors (Lipinski definition) is 0. The van der Waals surface area contributed by atoms with E-state index >= 15 is 0 Å². The first-order valence-corrected chi connectivity index (χ1v) is 8.18. The van der Waals surface area contributed by atoms with Gasteiger partial charge in [-0.05, 0) is 30.7 Å². The number of benzene rings is 1. The van der Waals surface area contributed by atoms with Gasteiger partial charge >= 0.3 is 0 Å². The molecule has 0 saturated carbocycles. The van der Waals surface area contributed by atoms with Crippen LogP contribution in [0.2, 0.25) is 0 Å². The van der Waals surface area contributed by atoms with Crippen LogP contribution in [0.3, 0.4) is 0 Å². The van der Waals surface area contributed by atoms with Gasteiger partial charge in [-0.3, -0.25) is 19.1 Å². The summed E-state index contributed by atoms with van der Waals surface area (Å²) in [6.45, 7) is 2.17. The van der Waals surface area contributed by atoms with Crippen LogP contribution in [0.5, 0.6) is 0 Å². The number of carbonyl (C=O) groups excluding carboxylic acids is 1. The first-order valence-electron chi connectivity index (χ1n) is 8.18. The summed E-state index contributed by atoms with van der Waals surface area (Å²) in [6.07, 6.45) is 6.69. The highest BCUT2D eigenvalue weighted by Crippen LogP contribution is 2.23. The van der Waals surface area contributed by atoms with Crippen molar-refractivity contribution in [3.63, 3.8) is 0 Å². The van der Waals surface area contributed by atoms with Crippen molar-refractivity contribution in [2.75, 3.05) is 18.5 Å². The fourth-order valence-corrected chi connectivity index (χ4v) is 3.08. The Morgan fingerprint density at radius 2 is 1.88 bits per heavy atom. The van der Waals surface area contributed by atoms with Gasteiger partial charge in [0.2, 0.25) is 0 Å². The van der Waals surface area contributed by atoms with Crippen LogP contribution in [0.25, 0.3) is 16.7 Å². The van der Waals surface area contributed by atoms with Gasteiger partial charge in [0, 0.05) is 37.1 Å². The molecule has 7 heteroatoms. The quantitative estimate of drug-likeness (QED) is 0.707. The van der Waals surface area contributed by atoms with E-state index in [9.17, 15) is 9.59 Å². The fraction of sp³-hybridized carbons (Fsp3) is 0.158. The van der Waals surface area contributed by atoms with E-state index in [0.29, 0.717) is 23.6 Å². The van der Waals surface area contributed by atoms with Crippen LogP contribution in [0, 0.1) is 6.92 Å². The van der Waals surface area contributed by atoms with Crippen LogP contribution in [0.1, 0.15) is 5.56 Å². The van der Waals surface area contributed by atoms with Crippen molar-refractivity contribution in [2.24, 2.45) is 0 Å². The molecular weight excluding hydrogens is 330 g/mol. The standard InChI is InChI=1S/C19H17N5O2/c1-13-8-17(25)24(19-16(13)10-20-12-21-19)15-5-3-4-14(9-15)23-7-6-22(2)11-18(23)26/h3-10,12H,11H2,1-2H3. The summed E-state index contributed by atoms with van der Waals surface area (Å²) < 4.78 is 1.54. The Labute approximate surface area is 149 Å². The molecule has 0 N–H and O–H groups in total. The molecule has 3 heterocycles. The number of likely N-dealkylation sites (N-methyl/N-ethyl adjacent to an activating group) is 1. The van der Waals surface area contributed by atoms with Crippen molar-refractivity contribution in [1.29, 1.82) is 0 Å². The molecule has 26 heavy (non-hydrogen) atoms. The normalized spacial score (nSPS) is 14.3. The highest BCUT2D eigenvalue weighted by molar-refractivity contribution is 5.97. The topological polar surface area (TPSA) is 71.3 Å². The molecule has 1 amide bonds. The van der Waals surface area contributed by atoms with E-state index in [1.165, 1.54) is 10.9 Å². The summed E-state index contributed by atoms with van der Waals surface area (Å²) in [4.78, 5) is 36.7. The van der Waals surface area contributed by atoms with E-state index in [1.807, 2.05) is 49.3 Å². The molecule has 1 aromatic carbocycles. The molecule has 4 rings (SSSR count). The van der Waals surface area contributed by atoms with E-state index < -0.39 is 0 Å². The van der Waals surface area contributed by atoms with Crippen LogP contribution in [0.15, 0.2) is 60.1 Å². The third kappa shape index (κ3) is 2.63.